The molecule has 0 fully saturated rings. The van der Waals surface area contributed by atoms with Gasteiger partial charge in [-0.15, -0.1) is 0 Å². The molecule has 0 bridgehead atoms. The molecule has 0 unspecified atom stereocenters. The molecule has 3 rings (SSSR count). The molecule has 0 aliphatic carbocycles. The van der Waals surface area contributed by atoms with Gasteiger partial charge in [0.15, 0.2) is 11.6 Å². The molecule has 1 aromatic heterocycles. The molecule has 35 heavy (non-hydrogen) atoms. The Hall–Kier alpha value is -2.78. The van der Waals surface area contributed by atoms with E-state index in [0.29, 0.717) is 32.1 Å². The minimum atomic E-state index is -0.688. The first-order valence-corrected chi connectivity index (χ1v) is 11.8. The van der Waals surface area contributed by atoms with Crippen LogP contribution in [0.5, 0.6) is 11.6 Å². The van der Waals surface area contributed by atoms with Crippen molar-refractivity contribution < 1.29 is 23.7 Å². The lowest BCUT2D eigenvalue weighted by atomic mass is 10.2. The maximum Gasteiger partial charge on any atom is 0.227 e. The molecular weight excluding hydrogens is 449 g/mol. The largest absolute Gasteiger partial charge is 0.435 e. The van der Waals surface area contributed by atoms with E-state index in [1.807, 2.05) is 58.0 Å². The van der Waals surface area contributed by atoms with Crippen LogP contribution >= 0.6 is 0 Å². The topological polar surface area (TPSA) is 69.0 Å². The minimum Gasteiger partial charge on any atom is -0.435 e. The van der Waals surface area contributed by atoms with Crippen molar-refractivity contribution in [2.24, 2.45) is 0 Å². The highest BCUT2D eigenvalue weighted by atomic mass is 19.1. The summed E-state index contributed by atoms with van der Waals surface area (Å²) in [6, 6.07) is 15.9. The van der Waals surface area contributed by atoms with E-state index in [0.717, 1.165) is 16.9 Å². The molecule has 0 amide bonds. The van der Waals surface area contributed by atoms with E-state index in [2.05, 4.69) is 4.90 Å². The minimum absolute atomic E-state index is 0.118. The fourth-order valence-electron chi connectivity index (χ4n) is 3.58. The molecule has 8 heteroatoms. The molecule has 0 saturated heterocycles. The number of halogens is 1. The summed E-state index contributed by atoms with van der Waals surface area (Å²) in [4.78, 5) is 2.06. The van der Waals surface area contributed by atoms with Crippen LogP contribution in [0.15, 0.2) is 54.6 Å². The summed E-state index contributed by atoms with van der Waals surface area (Å²) < 4.78 is 33.4. The zero-order valence-corrected chi connectivity index (χ0v) is 21.2. The Labute approximate surface area is 207 Å². The molecule has 0 aliphatic rings. The van der Waals surface area contributed by atoms with Crippen molar-refractivity contribution in [3.8, 4) is 17.3 Å². The lowest BCUT2D eigenvalue weighted by molar-refractivity contribution is -0.0577. The van der Waals surface area contributed by atoms with Gasteiger partial charge in [0.25, 0.3) is 0 Å². The molecule has 3 aromatic rings. The molecule has 7 nitrogen and oxygen atoms in total. The van der Waals surface area contributed by atoms with E-state index in [4.69, 9.17) is 19.3 Å². The first-order chi connectivity index (χ1) is 16.7. The van der Waals surface area contributed by atoms with Gasteiger partial charge in [0.1, 0.15) is 0 Å². The number of aliphatic hydroxyl groups is 1. The Kier molecular flexibility index (Phi) is 9.40. The average molecular weight is 486 g/mol. The number of para-hydroxylation sites is 2. The van der Waals surface area contributed by atoms with Gasteiger partial charge >= 0.3 is 0 Å². The molecule has 0 radical (unpaired) electrons. The van der Waals surface area contributed by atoms with Crippen LogP contribution in [0.3, 0.4) is 0 Å². The Bertz CT molecular complexity index is 1070. The Balaban J connectivity index is 1.93. The van der Waals surface area contributed by atoms with Gasteiger partial charge in [-0.25, -0.2) is 9.07 Å². The van der Waals surface area contributed by atoms with Crippen LogP contribution in [0.1, 0.15) is 32.0 Å². The van der Waals surface area contributed by atoms with Crippen molar-refractivity contribution in [3.63, 3.8) is 0 Å². The normalized spacial score (nSPS) is 12.8. The fraction of sp³-hybridized carbons (Fsp3) is 0.444. The number of hydrogen-bond acceptors (Lipinski definition) is 6. The van der Waals surface area contributed by atoms with E-state index in [1.54, 1.807) is 30.0 Å². The Morgan fingerprint density at radius 3 is 2.43 bits per heavy atom. The van der Waals surface area contributed by atoms with Crippen LogP contribution < -0.4 is 4.74 Å². The fourth-order valence-corrected chi connectivity index (χ4v) is 3.58. The quantitative estimate of drug-likeness (QED) is 0.400. The Morgan fingerprint density at radius 2 is 1.77 bits per heavy atom. The zero-order valence-electron chi connectivity index (χ0n) is 21.2. The monoisotopic (exact) mass is 485 g/mol. The van der Waals surface area contributed by atoms with Crippen molar-refractivity contribution in [2.75, 3.05) is 33.4 Å². The predicted molar refractivity (Wildman–Crippen MR) is 134 cm³/mol. The smallest absolute Gasteiger partial charge is 0.227 e. The van der Waals surface area contributed by atoms with Crippen molar-refractivity contribution >= 4 is 0 Å². The van der Waals surface area contributed by atoms with Crippen LogP contribution in [0.2, 0.25) is 0 Å². The molecule has 1 atom stereocenters. The Morgan fingerprint density at radius 1 is 1.09 bits per heavy atom. The summed E-state index contributed by atoms with van der Waals surface area (Å²) >= 11 is 0. The number of aryl methyl sites for hydroxylation is 1. The van der Waals surface area contributed by atoms with Crippen molar-refractivity contribution in [1.82, 2.24) is 14.7 Å². The third kappa shape index (κ3) is 7.86. The maximum absolute atomic E-state index is 14.5. The summed E-state index contributed by atoms with van der Waals surface area (Å²) in [5, 5.41) is 15.4. The first kappa shape index (κ1) is 26.8. The molecule has 1 heterocycles. The predicted octanol–water partition coefficient (Wildman–Crippen LogP) is 4.74. The third-order valence-electron chi connectivity index (χ3n) is 5.35. The van der Waals surface area contributed by atoms with Gasteiger partial charge in [-0.05, 0) is 52.0 Å². The molecule has 0 saturated carbocycles. The number of benzene rings is 2. The van der Waals surface area contributed by atoms with Crippen molar-refractivity contribution in [1.29, 1.82) is 0 Å². The number of hydrogen-bond donors (Lipinski definition) is 1. The second kappa shape index (κ2) is 12.3. The standard InChI is InChI=1S/C27H36FN3O4/c1-20-23(18-30(15-16-33-5)17-22(32)19-34-27(2,3)4)26(35-25-14-10-9-13-24(25)28)31(29-20)21-11-7-6-8-12-21/h6-14,22,32H,15-19H2,1-5H3/t22-/m1/s1. The highest BCUT2D eigenvalue weighted by Gasteiger charge is 2.24. The summed E-state index contributed by atoms with van der Waals surface area (Å²) in [6.45, 7) is 9.85. The highest BCUT2D eigenvalue weighted by Crippen LogP contribution is 2.32. The molecule has 2 aromatic carbocycles. The lowest BCUT2D eigenvalue weighted by Crippen LogP contribution is -2.38. The van der Waals surface area contributed by atoms with Gasteiger partial charge in [0.05, 0.1) is 41.9 Å². The zero-order chi connectivity index (χ0) is 25.4. The number of methoxy groups -OCH3 is 1. The number of aromatic nitrogens is 2. The first-order valence-electron chi connectivity index (χ1n) is 11.8. The second-order valence-electron chi connectivity index (χ2n) is 9.45. The van der Waals surface area contributed by atoms with Gasteiger partial charge < -0.3 is 19.3 Å². The highest BCUT2D eigenvalue weighted by molar-refractivity contribution is 5.43. The van der Waals surface area contributed by atoms with Gasteiger partial charge in [-0.2, -0.15) is 5.10 Å². The summed E-state index contributed by atoms with van der Waals surface area (Å²) in [5.41, 5.74) is 2.02. The lowest BCUT2D eigenvalue weighted by Gasteiger charge is -2.27. The average Bonchev–Trinajstić information content (AvgIpc) is 3.12. The summed E-state index contributed by atoms with van der Waals surface area (Å²) in [7, 11) is 1.64. The van der Waals surface area contributed by atoms with Gasteiger partial charge in [0, 0.05) is 26.7 Å². The molecule has 190 valence electrons. The van der Waals surface area contributed by atoms with Gasteiger partial charge in [-0.1, -0.05) is 30.3 Å². The SMILES string of the molecule is COCCN(Cc1c(C)nn(-c2ccccc2)c1Oc1ccccc1F)C[C@@H](O)COC(C)(C)C. The van der Waals surface area contributed by atoms with Crippen LogP contribution in [-0.2, 0) is 16.0 Å². The molecule has 1 N–H and O–H groups in total. The number of nitrogens with zero attached hydrogens (tertiary/aromatic N) is 3. The molecule has 0 spiro atoms. The van der Waals surface area contributed by atoms with E-state index < -0.39 is 11.9 Å². The van der Waals surface area contributed by atoms with Crippen molar-refractivity contribution in [2.45, 2.75) is 45.9 Å². The summed E-state index contributed by atoms with van der Waals surface area (Å²) in [6.07, 6.45) is -0.688. The van der Waals surface area contributed by atoms with E-state index in [-0.39, 0.29) is 18.0 Å². The van der Waals surface area contributed by atoms with Crippen molar-refractivity contribution in [3.05, 3.63) is 71.7 Å². The second-order valence-corrected chi connectivity index (χ2v) is 9.45. The third-order valence-corrected chi connectivity index (χ3v) is 5.35. The number of aliphatic hydroxyl groups excluding tert-OH is 1. The molecule has 0 aliphatic heterocycles. The van der Waals surface area contributed by atoms with Crippen LogP contribution in [0.4, 0.5) is 4.39 Å². The number of rotatable bonds is 12. The van der Waals surface area contributed by atoms with E-state index in [9.17, 15) is 9.50 Å². The maximum atomic E-state index is 14.5. The van der Waals surface area contributed by atoms with Crippen LogP contribution in [0, 0.1) is 12.7 Å². The summed E-state index contributed by atoms with van der Waals surface area (Å²) in [5.74, 6) is 0.0948. The van der Waals surface area contributed by atoms with Gasteiger partial charge in [-0.3, -0.25) is 4.90 Å². The van der Waals surface area contributed by atoms with Crippen LogP contribution in [0.25, 0.3) is 5.69 Å². The van der Waals surface area contributed by atoms with Gasteiger partial charge in [0.2, 0.25) is 5.88 Å². The molecular formula is C27H36FN3O4. The van der Waals surface area contributed by atoms with E-state index in [1.165, 1.54) is 6.07 Å². The number of ether oxygens (including phenoxy) is 3. The van der Waals surface area contributed by atoms with Crippen LogP contribution in [-0.4, -0.2) is 64.9 Å². The van der Waals surface area contributed by atoms with E-state index >= 15 is 0 Å².